The number of ether oxygens (including phenoxy) is 1. The summed E-state index contributed by atoms with van der Waals surface area (Å²) in [6.45, 7) is 5.76. The Hall–Kier alpha value is -3.91. The van der Waals surface area contributed by atoms with Crippen LogP contribution in [0.4, 0.5) is 13.2 Å². The Bertz CT molecular complexity index is 1740. The highest BCUT2D eigenvalue weighted by molar-refractivity contribution is 7.89. The first kappa shape index (κ1) is 32.0. The Kier molecular flexibility index (Phi) is 8.61. The Morgan fingerprint density at radius 2 is 1.93 bits per heavy atom. The highest BCUT2D eigenvalue weighted by Gasteiger charge is 2.40. The molecule has 4 unspecified atom stereocenters. The van der Waals surface area contributed by atoms with Crippen LogP contribution in [0.5, 0.6) is 5.75 Å². The summed E-state index contributed by atoms with van der Waals surface area (Å²) in [7, 11) is -2.38. The summed E-state index contributed by atoms with van der Waals surface area (Å²) in [4.78, 5) is 14.8. The van der Waals surface area contributed by atoms with Gasteiger partial charge in [-0.15, -0.1) is 5.10 Å². The SMILES string of the molecule is CC(C)C1COc2cc(C3CCCCN3C)ccc2C1n1cc(CC2C(=O)NC=CN2S(=O)(=O)c2cccc(C(F)(F)F)c2)nn1. The van der Waals surface area contributed by atoms with E-state index in [2.05, 4.69) is 59.6 Å². The number of hydrogen-bond acceptors (Lipinski definition) is 7. The van der Waals surface area contributed by atoms with Gasteiger partial charge in [0, 0.05) is 42.5 Å². The lowest BCUT2D eigenvalue weighted by Crippen LogP contribution is -2.50. The zero-order valence-corrected chi connectivity index (χ0v) is 26.6. The van der Waals surface area contributed by atoms with Crippen molar-refractivity contribution in [3.05, 3.63) is 83.4 Å². The number of alkyl halides is 3. The molecule has 1 fully saturated rings. The van der Waals surface area contributed by atoms with Gasteiger partial charge in [-0.2, -0.15) is 13.2 Å². The smallest absolute Gasteiger partial charge is 0.416 e. The van der Waals surface area contributed by atoms with E-state index >= 15 is 0 Å². The standard InChI is InChI=1S/C32H37F3N6O4S/c1-20(2)26-19-45-29-15-21(27-9-4-5-13-39(27)3)10-11-25(29)30(26)40-18-23(37-38-40)17-28-31(42)36-12-14-41(28)46(43,44)24-8-6-7-22(16-24)32(33,34)35/h6-8,10-12,14-16,18,20,26-28,30H,4-5,9,13,17,19H2,1-3H3,(H,36,42). The summed E-state index contributed by atoms with van der Waals surface area (Å²) in [6, 6.07) is 8.64. The summed E-state index contributed by atoms with van der Waals surface area (Å²) in [5.74, 6) is 0.455. The number of piperidine rings is 1. The van der Waals surface area contributed by atoms with E-state index in [-0.39, 0.29) is 24.3 Å². The summed E-state index contributed by atoms with van der Waals surface area (Å²) in [6.07, 6.45) is 2.56. The normalized spacial score (nSPS) is 24.1. The number of hydrogen-bond donors (Lipinski definition) is 1. The summed E-state index contributed by atoms with van der Waals surface area (Å²) >= 11 is 0. The van der Waals surface area contributed by atoms with Crippen molar-refractivity contribution in [1.82, 2.24) is 29.5 Å². The molecular formula is C32H37F3N6O4S. The van der Waals surface area contributed by atoms with Crippen molar-refractivity contribution in [1.29, 1.82) is 0 Å². The third-order valence-corrected chi connectivity index (χ3v) is 11.0. The lowest BCUT2D eigenvalue weighted by molar-refractivity contribution is -0.137. The Morgan fingerprint density at radius 3 is 2.67 bits per heavy atom. The molecule has 1 saturated heterocycles. The van der Waals surface area contributed by atoms with E-state index in [0.29, 0.717) is 24.4 Å². The van der Waals surface area contributed by atoms with E-state index in [4.69, 9.17) is 4.74 Å². The quantitative estimate of drug-likeness (QED) is 0.384. The van der Waals surface area contributed by atoms with Crippen LogP contribution >= 0.6 is 0 Å². The molecule has 6 rings (SSSR count). The average Bonchev–Trinajstić information content (AvgIpc) is 3.49. The van der Waals surface area contributed by atoms with Crippen LogP contribution in [-0.2, 0) is 27.4 Å². The van der Waals surface area contributed by atoms with Gasteiger partial charge in [0.05, 0.1) is 28.8 Å². The molecule has 46 heavy (non-hydrogen) atoms. The van der Waals surface area contributed by atoms with Crippen LogP contribution in [0.2, 0.25) is 0 Å². The van der Waals surface area contributed by atoms with Crippen molar-refractivity contribution in [3.8, 4) is 5.75 Å². The van der Waals surface area contributed by atoms with Gasteiger partial charge in [0.2, 0.25) is 5.91 Å². The molecule has 3 aromatic rings. The average molecular weight is 659 g/mol. The molecule has 0 spiro atoms. The summed E-state index contributed by atoms with van der Waals surface area (Å²) in [5, 5.41) is 11.2. The van der Waals surface area contributed by atoms with Crippen LogP contribution in [0.3, 0.4) is 0 Å². The molecule has 1 aromatic heterocycles. The van der Waals surface area contributed by atoms with Crippen molar-refractivity contribution in [2.45, 2.75) is 68.7 Å². The third-order valence-electron chi connectivity index (χ3n) is 9.24. The number of likely N-dealkylation sites (tertiary alicyclic amines) is 1. The van der Waals surface area contributed by atoms with Gasteiger partial charge in [0.15, 0.2) is 0 Å². The van der Waals surface area contributed by atoms with Crippen LogP contribution < -0.4 is 10.1 Å². The van der Waals surface area contributed by atoms with Crippen molar-refractivity contribution in [3.63, 3.8) is 0 Å². The Balaban J connectivity index is 1.29. The number of fused-ring (bicyclic) bond motifs is 1. The minimum absolute atomic E-state index is 0.0592. The molecule has 2 aromatic carbocycles. The zero-order valence-electron chi connectivity index (χ0n) is 25.8. The molecule has 14 heteroatoms. The molecule has 0 radical (unpaired) electrons. The van der Waals surface area contributed by atoms with Crippen LogP contribution in [0.1, 0.15) is 67.6 Å². The zero-order chi connectivity index (χ0) is 32.8. The van der Waals surface area contributed by atoms with Gasteiger partial charge in [-0.25, -0.2) is 13.1 Å². The predicted molar refractivity (Wildman–Crippen MR) is 163 cm³/mol. The second-order valence-electron chi connectivity index (χ2n) is 12.5. The van der Waals surface area contributed by atoms with Gasteiger partial charge >= 0.3 is 6.18 Å². The number of amides is 1. The van der Waals surface area contributed by atoms with Gasteiger partial charge < -0.3 is 10.1 Å². The van der Waals surface area contributed by atoms with Gasteiger partial charge in [0.25, 0.3) is 10.0 Å². The van der Waals surface area contributed by atoms with E-state index in [1.807, 2.05) is 0 Å². The number of benzene rings is 2. The predicted octanol–water partition coefficient (Wildman–Crippen LogP) is 4.91. The third kappa shape index (κ3) is 6.11. The summed E-state index contributed by atoms with van der Waals surface area (Å²) in [5.41, 5.74) is 1.43. The Morgan fingerprint density at radius 1 is 1.13 bits per heavy atom. The first-order valence-electron chi connectivity index (χ1n) is 15.4. The topological polar surface area (TPSA) is 110 Å². The van der Waals surface area contributed by atoms with E-state index in [1.54, 1.807) is 10.9 Å². The largest absolute Gasteiger partial charge is 0.493 e. The van der Waals surface area contributed by atoms with Crippen molar-refractivity contribution in [2.24, 2.45) is 11.8 Å². The van der Waals surface area contributed by atoms with Crippen LogP contribution in [0.15, 0.2) is 66.0 Å². The molecule has 1 N–H and O–H groups in total. The monoisotopic (exact) mass is 658 g/mol. The number of nitrogens with one attached hydrogen (secondary N) is 1. The van der Waals surface area contributed by atoms with Crippen LogP contribution in [-0.4, -0.2) is 64.8 Å². The molecule has 246 valence electrons. The lowest BCUT2D eigenvalue weighted by atomic mass is 9.82. The second-order valence-corrected chi connectivity index (χ2v) is 14.4. The highest BCUT2D eigenvalue weighted by atomic mass is 32.2. The molecule has 3 aliphatic heterocycles. The van der Waals surface area contributed by atoms with Crippen molar-refractivity contribution < 1.29 is 31.1 Å². The molecule has 4 heterocycles. The first-order valence-corrected chi connectivity index (χ1v) is 16.8. The molecule has 4 atom stereocenters. The minimum atomic E-state index is -4.73. The first-order chi connectivity index (χ1) is 21.8. The van der Waals surface area contributed by atoms with E-state index in [0.717, 1.165) is 59.2 Å². The van der Waals surface area contributed by atoms with Crippen LogP contribution in [0, 0.1) is 11.8 Å². The molecule has 1 amide bonds. The van der Waals surface area contributed by atoms with Gasteiger partial charge in [-0.3, -0.25) is 14.0 Å². The molecular weight excluding hydrogens is 621 g/mol. The van der Waals surface area contributed by atoms with Crippen molar-refractivity contribution in [2.75, 3.05) is 20.2 Å². The van der Waals surface area contributed by atoms with E-state index in [9.17, 15) is 26.4 Å². The molecule has 0 bridgehead atoms. The van der Waals surface area contributed by atoms with Gasteiger partial charge in [0.1, 0.15) is 11.8 Å². The number of carbonyl (C=O) groups is 1. The fraction of sp³-hybridized carbons (Fsp3) is 0.469. The number of rotatable bonds is 7. The molecule has 3 aliphatic rings. The Labute approximate surface area is 266 Å². The maximum Gasteiger partial charge on any atom is 0.416 e. The maximum atomic E-state index is 13.6. The number of aromatic nitrogens is 3. The fourth-order valence-corrected chi connectivity index (χ4v) is 8.16. The highest BCUT2D eigenvalue weighted by Crippen LogP contribution is 2.43. The summed E-state index contributed by atoms with van der Waals surface area (Å²) < 4.78 is 76.0. The van der Waals surface area contributed by atoms with E-state index < -0.39 is 38.6 Å². The second kappa shape index (κ2) is 12.4. The van der Waals surface area contributed by atoms with Gasteiger partial charge in [-0.1, -0.05) is 43.7 Å². The number of halogens is 3. The fourth-order valence-electron chi connectivity index (χ4n) is 6.66. The van der Waals surface area contributed by atoms with Crippen LogP contribution in [0.25, 0.3) is 0 Å². The molecule has 0 saturated carbocycles. The maximum absolute atomic E-state index is 13.6. The minimum Gasteiger partial charge on any atom is -0.493 e. The van der Waals surface area contributed by atoms with Gasteiger partial charge in [-0.05, 0) is 62.2 Å². The molecule has 10 nitrogen and oxygen atoms in total. The molecule has 0 aliphatic carbocycles. The number of carbonyl (C=O) groups excluding carboxylic acids is 1. The lowest BCUT2D eigenvalue weighted by Gasteiger charge is -2.37. The number of sulfonamides is 1. The van der Waals surface area contributed by atoms with Crippen molar-refractivity contribution >= 4 is 15.9 Å². The number of nitrogens with zero attached hydrogens (tertiary/aromatic N) is 5. The van der Waals surface area contributed by atoms with E-state index in [1.165, 1.54) is 18.4 Å².